The van der Waals surface area contributed by atoms with Crippen molar-refractivity contribution >= 4 is 17.3 Å². The lowest BCUT2D eigenvalue weighted by atomic mass is 9.73. The Morgan fingerprint density at radius 3 is 2.30 bits per heavy atom. The molecule has 0 unspecified atom stereocenters. The largest absolute Gasteiger partial charge is 0.377 e. The minimum absolute atomic E-state index is 0.183. The number of anilines is 2. The van der Waals surface area contributed by atoms with Gasteiger partial charge in [-0.05, 0) is 57.6 Å². The molecule has 1 aliphatic carbocycles. The highest BCUT2D eigenvalue weighted by Crippen LogP contribution is 2.38. The van der Waals surface area contributed by atoms with Crippen molar-refractivity contribution in [3.8, 4) is 0 Å². The molecule has 1 N–H and O–H groups in total. The molecule has 4 nitrogen and oxygen atoms in total. The number of rotatable bonds is 5. The van der Waals surface area contributed by atoms with Gasteiger partial charge in [-0.2, -0.15) is 0 Å². The van der Waals surface area contributed by atoms with E-state index in [0.717, 1.165) is 37.9 Å². The van der Waals surface area contributed by atoms with E-state index in [1.807, 2.05) is 20.2 Å². The number of amides is 1. The lowest BCUT2D eigenvalue weighted by molar-refractivity contribution is -0.128. The van der Waals surface area contributed by atoms with Crippen LogP contribution in [0.3, 0.4) is 0 Å². The van der Waals surface area contributed by atoms with Crippen molar-refractivity contribution in [1.29, 1.82) is 0 Å². The molecule has 0 spiro atoms. The highest BCUT2D eigenvalue weighted by molar-refractivity contribution is 5.96. The summed E-state index contributed by atoms with van der Waals surface area (Å²) in [5.41, 5.74) is 3.03. The zero-order chi connectivity index (χ0) is 17.0. The fourth-order valence-electron chi connectivity index (χ4n) is 3.79. The topological polar surface area (TPSA) is 35.6 Å². The Morgan fingerprint density at radius 2 is 1.78 bits per heavy atom. The minimum atomic E-state index is -0.240. The Hall–Kier alpha value is -1.55. The van der Waals surface area contributed by atoms with Crippen LogP contribution in [0, 0.1) is 12.3 Å². The summed E-state index contributed by atoms with van der Waals surface area (Å²) >= 11 is 0. The van der Waals surface area contributed by atoms with Gasteiger partial charge in [-0.25, -0.2) is 0 Å². The number of carbonyl (C=O) groups is 1. The third-order valence-electron chi connectivity index (χ3n) is 4.85. The Balaban J connectivity index is 2.16. The number of hydrogen-bond acceptors (Lipinski definition) is 3. The van der Waals surface area contributed by atoms with Crippen molar-refractivity contribution in [3.05, 3.63) is 23.8 Å². The van der Waals surface area contributed by atoms with Crippen LogP contribution in [0.1, 0.15) is 37.7 Å². The summed E-state index contributed by atoms with van der Waals surface area (Å²) in [5.74, 6) is 0.183. The van der Waals surface area contributed by atoms with Gasteiger partial charge in [0, 0.05) is 32.0 Å². The van der Waals surface area contributed by atoms with Gasteiger partial charge in [-0.15, -0.1) is 0 Å². The third kappa shape index (κ3) is 4.25. The van der Waals surface area contributed by atoms with E-state index in [0.29, 0.717) is 0 Å². The first-order valence-corrected chi connectivity index (χ1v) is 8.58. The van der Waals surface area contributed by atoms with Crippen LogP contribution < -0.4 is 10.2 Å². The van der Waals surface area contributed by atoms with Crippen LogP contribution in [0.15, 0.2) is 18.2 Å². The standard InChI is InChI=1S/C19H31N3O/c1-15-13-16(9-10-17(15)22(4)5)20-18(23)19(14-21(2)3)11-7-6-8-12-19/h9-10,13H,6-8,11-12,14H2,1-5H3,(H,20,23). The molecular formula is C19H31N3O. The highest BCUT2D eigenvalue weighted by Gasteiger charge is 2.39. The van der Waals surface area contributed by atoms with Gasteiger partial charge < -0.3 is 15.1 Å². The molecule has 23 heavy (non-hydrogen) atoms. The van der Waals surface area contributed by atoms with E-state index in [9.17, 15) is 4.79 Å². The number of nitrogens with zero attached hydrogens (tertiary/aromatic N) is 2. The van der Waals surface area contributed by atoms with Gasteiger partial charge in [0.15, 0.2) is 0 Å². The van der Waals surface area contributed by atoms with Crippen LogP contribution >= 0.6 is 0 Å². The number of hydrogen-bond donors (Lipinski definition) is 1. The molecule has 0 aromatic heterocycles. The van der Waals surface area contributed by atoms with Gasteiger partial charge in [0.05, 0.1) is 5.41 Å². The van der Waals surface area contributed by atoms with E-state index >= 15 is 0 Å². The maximum atomic E-state index is 13.0. The van der Waals surface area contributed by atoms with Crippen LogP contribution in [0.2, 0.25) is 0 Å². The molecule has 0 saturated heterocycles. The molecule has 1 saturated carbocycles. The monoisotopic (exact) mass is 317 g/mol. The normalized spacial score (nSPS) is 17.1. The minimum Gasteiger partial charge on any atom is -0.377 e. The molecule has 1 aromatic carbocycles. The maximum absolute atomic E-state index is 13.0. The average Bonchev–Trinajstić information content (AvgIpc) is 2.47. The summed E-state index contributed by atoms with van der Waals surface area (Å²) < 4.78 is 0. The van der Waals surface area contributed by atoms with Crippen LogP contribution in [-0.4, -0.2) is 45.5 Å². The number of benzene rings is 1. The van der Waals surface area contributed by atoms with Gasteiger partial charge in [0.1, 0.15) is 0 Å². The molecular weight excluding hydrogens is 286 g/mol. The summed E-state index contributed by atoms with van der Waals surface area (Å²) in [6, 6.07) is 6.15. The lowest BCUT2D eigenvalue weighted by Crippen LogP contribution is -2.45. The predicted molar refractivity (Wildman–Crippen MR) is 98.2 cm³/mol. The zero-order valence-corrected chi connectivity index (χ0v) is 15.3. The molecule has 1 fully saturated rings. The predicted octanol–water partition coefficient (Wildman–Crippen LogP) is 3.51. The average molecular weight is 317 g/mol. The molecule has 1 aromatic rings. The number of aryl methyl sites for hydroxylation is 1. The van der Waals surface area contributed by atoms with E-state index in [1.54, 1.807) is 0 Å². The van der Waals surface area contributed by atoms with Crippen LogP contribution in [-0.2, 0) is 4.79 Å². The Kier molecular flexibility index (Phi) is 5.69. The zero-order valence-electron chi connectivity index (χ0n) is 15.3. The molecule has 1 aliphatic rings. The molecule has 1 amide bonds. The SMILES string of the molecule is Cc1cc(NC(=O)C2(CN(C)C)CCCCC2)ccc1N(C)C. The summed E-state index contributed by atoms with van der Waals surface area (Å²) in [6.45, 7) is 2.91. The van der Waals surface area contributed by atoms with E-state index in [2.05, 4.69) is 48.3 Å². The molecule has 0 aliphatic heterocycles. The first-order valence-electron chi connectivity index (χ1n) is 8.58. The van der Waals surface area contributed by atoms with Crippen molar-refractivity contribution in [2.24, 2.45) is 5.41 Å². The van der Waals surface area contributed by atoms with Crippen molar-refractivity contribution in [2.45, 2.75) is 39.0 Å². The molecule has 4 heteroatoms. The van der Waals surface area contributed by atoms with Crippen molar-refractivity contribution in [3.63, 3.8) is 0 Å². The molecule has 128 valence electrons. The van der Waals surface area contributed by atoms with Gasteiger partial charge >= 0.3 is 0 Å². The van der Waals surface area contributed by atoms with Crippen LogP contribution in [0.5, 0.6) is 0 Å². The van der Waals surface area contributed by atoms with E-state index in [1.165, 1.54) is 17.7 Å². The van der Waals surface area contributed by atoms with Crippen LogP contribution in [0.4, 0.5) is 11.4 Å². The molecule has 0 atom stereocenters. The van der Waals surface area contributed by atoms with E-state index < -0.39 is 0 Å². The third-order valence-corrected chi connectivity index (χ3v) is 4.85. The Morgan fingerprint density at radius 1 is 1.13 bits per heavy atom. The van der Waals surface area contributed by atoms with Gasteiger partial charge in [-0.3, -0.25) is 4.79 Å². The Bertz CT molecular complexity index is 546. The summed E-state index contributed by atoms with van der Waals surface area (Å²) in [5, 5.41) is 3.18. The van der Waals surface area contributed by atoms with Crippen molar-refractivity contribution in [2.75, 3.05) is 45.0 Å². The molecule has 2 rings (SSSR count). The van der Waals surface area contributed by atoms with E-state index in [4.69, 9.17) is 0 Å². The van der Waals surface area contributed by atoms with Gasteiger partial charge in [0.2, 0.25) is 5.91 Å². The summed E-state index contributed by atoms with van der Waals surface area (Å²) in [7, 11) is 8.18. The number of carbonyl (C=O) groups excluding carboxylic acids is 1. The van der Waals surface area contributed by atoms with E-state index in [-0.39, 0.29) is 11.3 Å². The molecule has 0 bridgehead atoms. The van der Waals surface area contributed by atoms with Crippen LogP contribution in [0.25, 0.3) is 0 Å². The molecule has 0 radical (unpaired) electrons. The quantitative estimate of drug-likeness (QED) is 0.902. The highest BCUT2D eigenvalue weighted by atomic mass is 16.2. The fraction of sp³-hybridized carbons (Fsp3) is 0.632. The smallest absolute Gasteiger partial charge is 0.231 e. The van der Waals surface area contributed by atoms with Gasteiger partial charge in [0.25, 0.3) is 0 Å². The second kappa shape index (κ2) is 7.35. The molecule has 0 heterocycles. The maximum Gasteiger partial charge on any atom is 0.231 e. The summed E-state index contributed by atoms with van der Waals surface area (Å²) in [6.07, 6.45) is 5.54. The summed E-state index contributed by atoms with van der Waals surface area (Å²) in [4.78, 5) is 17.2. The second-order valence-electron chi connectivity index (χ2n) is 7.43. The fourth-order valence-corrected chi connectivity index (χ4v) is 3.79. The number of nitrogens with one attached hydrogen (secondary N) is 1. The Labute approximate surface area is 140 Å². The van der Waals surface area contributed by atoms with Crippen molar-refractivity contribution < 1.29 is 4.79 Å². The first kappa shape index (κ1) is 17.8. The van der Waals surface area contributed by atoms with Gasteiger partial charge in [-0.1, -0.05) is 19.3 Å². The van der Waals surface area contributed by atoms with Crippen molar-refractivity contribution in [1.82, 2.24) is 4.90 Å². The lowest BCUT2D eigenvalue weighted by Gasteiger charge is -2.38. The first-order chi connectivity index (χ1) is 10.8. The second-order valence-corrected chi connectivity index (χ2v) is 7.43.